The van der Waals surface area contributed by atoms with Crippen LogP contribution < -0.4 is 10.3 Å². The monoisotopic (exact) mass is 526 g/mol. The van der Waals surface area contributed by atoms with Gasteiger partial charge in [0.25, 0.3) is 5.56 Å². The number of aryl methyl sites for hydroxylation is 2. The highest BCUT2D eigenvalue weighted by Crippen LogP contribution is 2.25. The minimum Gasteiger partial charge on any atom is -0.481 e. The highest BCUT2D eigenvalue weighted by atomic mass is 35.5. The van der Waals surface area contributed by atoms with Crippen LogP contribution in [0.25, 0.3) is 22.0 Å². The Labute approximate surface area is 216 Å². The van der Waals surface area contributed by atoms with E-state index < -0.39 is 29.4 Å². The number of pyridine rings is 1. The molecule has 192 valence electrons. The average Bonchev–Trinajstić information content (AvgIpc) is 2.89. The summed E-state index contributed by atoms with van der Waals surface area (Å²) in [6, 6.07) is 13.0. The van der Waals surface area contributed by atoms with Gasteiger partial charge in [-0.1, -0.05) is 35.0 Å². The predicted molar refractivity (Wildman–Crippen MR) is 135 cm³/mol. The number of aliphatic hydroxyl groups is 1. The third-order valence-corrected chi connectivity index (χ3v) is 6.49. The third kappa shape index (κ3) is 5.92. The number of carboxylic acids is 1. The quantitative estimate of drug-likeness (QED) is 0.320. The number of fused-ring (bicyclic) bond motifs is 1. The summed E-state index contributed by atoms with van der Waals surface area (Å²) < 4.78 is 20.8. The maximum atomic E-state index is 14.8. The zero-order valence-electron chi connectivity index (χ0n) is 19.8. The van der Waals surface area contributed by atoms with Crippen LogP contribution in [-0.2, 0) is 17.8 Å². The van der Waals surface area contributed by atoms with Gasteiger partial charge in [0.1, 0.15) is 11.3 Å². The molecule has 0 aliphatic carbocycles. The van der Waals surface area contributed by atoms with Crippen LogP contribution in [-0.4, -0.2) is 49.4 Å². The van der Waals surface area contributed by atoms with E-state index in [0.29, 0.717) is 28.1 Å². The molecular weight excluding hydrogens is 503 g/mol. The molecule has 0 bridgehead atoms. The van der Waals surface area contributed by atoms with Gasteiger partial charge in [-0.3, -0.25) is 9.59 Å². The summed E-state index contributed by atoms with van der Waals surface area (Å²) in [7, 11) is 1.51. The molecule has 11 heteroatoms. The summed E-state index contributed by atoms with van der Waals surface area (Å²) in [5.74, 6) is -2.44. The molecule has 0 fully saturated rings. The first-order chi connectivity index (χ1) is 17.8. The molecule has 0 amide bonds. The number of ether oxygens (including phenoxy) is 1. The van der Waals surface area contributed by atoms with Crippen LogP contribution in [0.15, 0.2) is 59.5 Å². The molecule has 2 N–H and O–H groups in total. The van der Waals surface area contributed by atoms with Gasteiger partial charge >= 0.3 is 5.97 Å². The van der Waals surface area contributed by atoms with E-state index in [1.165, 1.54) is 13.2 Å². The molecule has 9 nitrogen and oxygen atoms in total. The Balaban J connectivity index is 1.41. The van der Waals surface area contributed by atoms with Gasteiger partial charge in [-0.25, -0.2) is 14.1 Å². The summed E-state index contributed by atoms with van der Waals surface area (Å²) in [5.41, 5.74) is 1.52. The van der Waals surface area contributed by atoms with Crippen molar-refractivity contribution in [1.82, 2.24) is 20.0 Å². The molecule has 0 aliphatic heterocycles. The van der Waals surface area contributed by atoms with E-state index in [-0.39, 0.29) is 36.2 Å². The number of carboxylic acid groups (broad SMARTS) is 1. The molecule has 0 spiro atoms. The van der Waals surface area contributed by atoms with Crippen molar-refractivity contribution in [3.05, 3.63) is 81.5 Å². The minimum absolute atomic E-state index is 0.0153. The Morgan fingerprint density at radius 3 is 2.62 bits per heavy atom. The Bertz CT molecular complexity index is 1480. The van der Waals surface area contributed by atoms with Crippen molar-refractivity contribution in [2.45, 2.75) is 31.9 Å². The molecule has 4 rings (SSSR count). The van der Waals surface area contributed by atoms with Crippen LogP contribution in [0.4, 0.5) is 4.39 Å². The largest absolute Gasteiger partial charge is 0.481 e. The van der Waals surface area contributed by atoms with Crippen LogP contribution in [0.1, 0.15) is 18.4 Å². The molecule has 37 heavy (non-hydrogen) atoms. The van der Waals surface area contributed by atoms with Gasteiger partial charge in [0, 0.05) is 24.4 Å². The normalized spacial score (nSPS) is 12.9. The summed E-state index contributed by atoms with van der Waals surface area (Å²) >= 11 is 6.11. The smallest absolute Gasteiger partial charge is 0.309 e. The summed E-state index contributed by atoms with van der Waals surface area (Å²) in [5, 5.41) is 28.5. The van der Waals surface area contributed by atoms with Crippen molar-refractivity contribution in [2.24, 2.45) is 5.92 Å². The Hall–Kier alpha value is -3.89. The molecule has 0 saturated carbocycles. The van der Waals surface area contributed by atoms with Crippen molar-refractivity contribution >= 4 is 28.5 Å². The van der Waals surface area contributed by atoms with E-state index in [4.69, 9.17) is 16.3 Å². The first-order valence-corrected chi connectivity index (χ1v) is 11.9. The number of nitrogens with zero attached hydrogens (tertiary/aromatic N) is 4. The first-order valence-electron chi connectivity index (χ1n) is 11.5. The van der Waals surface area contributed by atoms with Crippen molar-refractivity contribution in [3.8, 4) is 17.0 Å². The lowest BCUT2D eigenvalue weighted by molar-refractivity contribution is -0.146. The molecule has 2 atom stereocenters. The van der Waals surface area contributed by atoms with Gasteiger partial charge in [-0.15, -0.1) is 5.10 Å². The third-order valence-electron chi connectivity index (χ3n) is 6.18. The van der Waals surface area contributed by atoms with E-state index in [1.54, 1.807) is 48.7 Å². The van der Waals surface area contributed by atoms with Crippen LogP contribution in [0.5, 0.6) is 5.88 Å². The van der Waals surface area contributed by atoms with Crippen LogP contribution in [0.2, 0.25) is 5.02 Å². The van der Waals surface area contributed by atoms with Crippen molar-refractivity contribution in [2.75, 3.05) is 7.11 Å². The Morgan fingerprint density at radius 1 is 1.16 bits per heavy atom. The van der Waals surface area contributed by atoms with E-state index in [9.17, 15) is 24.2 Å². The topological polar surface area (TPSA) is 127 Å². The lowest BCUT2D eigenvalue weighted by Gasteiger charge is -2.19. The molecular formula is C26H24ClFN4O5. The fourth-order valence-corrected chi connectivity index (χ4v) is 4.32. The van der Waals surface area contributed by atoms with Gasteiger partial charge in [-0.05, 0) is 54.7 Å². The maximum absolute atomic E-state index is 14.8. The lowest BCUT2D eigenvalue weighted by Crippen LogP contribution is -2.32. The van der Waals surface area contributed by atoms with Gasteiger partial charge in [0.05, 0.1) is 29.5 Å². The molecule has 0 saturated heterocycles. The van der Waals surface area contributed by atoms with E-state index in [1.807, 2.05) is 0 Å². The predicted octanol–water partition coefficient (Wildman–Crippen LogP) is 3.74. The second-order valence-corrected chi connectivity index (χ2v) is 8.89. The minimum atomic E-state index is -1.27. The highest BCUT2D eigenvalue weighted by Gasteiger charge is 2.27. The lowest BCUT2D eigenvalue weighted by atomic mass is 9.93. The van der Waals surface area contributed by atoms with Crippen molar-refractivity contribution < 1.29 is 24.1 Å². The number of methoxy groups -OCH3 is 1. The number of carbonyl (C=O) groups is 1. The molecule has 0 radical (unpaired) electrons. The highest BCUT2D eigenvalue weighted by molar-refractivity contribution is 6.35. The maximum Gasteiger partial charge on any atom is 0.309 e. The Kier molecular flexibility index (Phi) is 8.10. The number of aromatic nitrogens is 4. The number of rotatable bonds is 10. The molecule has 0 unspecified atom stereocenters. The summed E-state index contributed by atoms with van der Waals surface area (Å²) in [6.07, 6.45) is 0.376. The number of hydrogen-bond acceptors (Lipinski definition) is 7. The SMILES string of the molecule is COc1ccc(-c2ccc(CC[C@@H](O)[C@H](CCn3nnc4cccc(Cl)c4c3=O)C(=O)O)c(F)c2)cn1. The van der Waals surface area contributed by atoms with E-state index in [0.717, 1.165) is 4.68 Å². The molecule has 2 aromatic carbocycles. The van der Waals surface area contributed by atoms with Gasteiger partial charge in [0.15, 0.2) is 0 Å². The average molecular weight is 527 g/mol. The van der Waals surface area contributed by atoms with Crippen molar-refractivity contribution in [3.63, 3.8) is 0 Å². The van der Waals surface area contributed by atoms with Gasteiger partial charge in [-0.2, -0.15) is 0 Å². The number of halogens is 2. The molecule has 2 heterocycles. The standard InChI is InChI=1S/C26H24ClFN4O5/c1-37-23-10-8-17(14-29-23)16-6-5-15(20(28)13-16)7-9-22(33)18(26(35)36)11-12-32-25(34)24-19(27)3-2-4-21(24)30-31-32/h2-6,8,10,13-14,18,22,33H,7,9,11-12H2,1H3,(H,35,36)/t18-,22+/m0/s1. The van der Waals surface area contributed by atoms with Crippen LogP contribution >= 0.6 is 11.6 Å². The zero-order chi connectivity index (χ0) is 26.5. The van der Waals surface area contributed by atoms with Crippen LogP contribution in [0, 0.1) is 11.7 Å². The molecule has 2 aromatic heterocycles. The number of hydrogen-bond donors (Lipinski definition) is 2. The number of aliphatic hydroxyl groups excluding tert-OH is 1. The summed E-state index contributed by atoms with van der Waals surface area (Å²) in [6.45, 7) is -0.0834. The Morgan fingerprint density at radius 2 is 1.95 bits per heavy atom. The first kappa shape index (κ1) is 26.2. The van der Waals surface area contributed by atoms with Gasteiger partial charge < -0.3 is 14.9 Å². The van der Waals surface area contributed by atoms with Crippen molar-refractivity contribution in [1.29, 1.82) is 0 Å². The summed E-state index contributed by atoms with van der Waals surface area (Å²) in [4.78, 5) is 28.7. The van der Waals surface area contributed by atoms with E-state index >= 15 is 0 Å². The number of benzene rings is 2. The molecule has 0 aliphatic rings. The second kappa shape index (κ2) is 11.4. The fraction of sp³-hybridized carbons (Fsp3) is 0.269. The second-order valence-electron chi connectivity index (χ2n) is 8.49. The fourth-order valence-electron chi connectivity index (χ4n) is 4.07. The van der Waals surface area contributed by atoms with E-state index in [2.05, 4.69) is 15.3 Å². The zero-order valence-corrected chi connectivity index (χ0v) is 20.6. The van der Waals surface area contributed by atoms with Gasteiger partial charge in [0.2, 0.25) is 5.88 Å². The number of aliphatic carboxylic acids is 1. The van der Waals surface area contributed by atoms with Crippen LogP contribution in [0.3, 0.4) is 0 Å². The molecule has 4 aromatic rings.